The number of benzene rings is 2. The zero-order chi connectivity index (χ0) is 20.1. The SMILES string of the molecule is COc1ccc(Cl)cc1NC(=O)COC(=O)c1ccc(-n2nccc2C)cc1. The van der Waals surface area contributed by atoms with Gasteiger partial charge >= 0.3 is 5.97 Å². The fourth-order valence-corrected chi connectivity index (χ4v) is 2.73. The van der Waals surface area contributed by atoms with Crippen LogP contribution in [-0.2, 0) is 9.53 Å². The van der Waals surface area contributed by atoms with Gasteiger partial charge in [-0.15, -0.1) is 0 Å². The quantitative estimate of drug-likeness (QED) is 0.640. The number of methoxy groups -OCH3 is 1. The third-order valence-corrected chi connectivity index (χ3v) is 4.18. The largest absolute Gasteiger partial charge is 0.495 e. The smallest absolute Gasteiger partial charge is 0.338 e. The number of aryl methyl sites for hydroxylation is 1. The molecule has 0 saturated carbocycles. The third kappa shape index (κ3) is 4.50. The van der Waals surface area contributed by atoms with Crippen LogP contribution in [0, 0.1) is 6.92 Å². The number of carbonyl (C=O) groups excluding carboxylic acids is 2. The number of esters is 1. The van der Waals surface area contributed by atoms with E-state index in [9.17, 15) is 9.59 Å². The van der Waals surface area contributed by atoms with Crippen molar-refractivity contribution < 1.29 is 19.1 Å². The molecule has 0 unspecified atom stereocenters. The Morgan fingerprint density at radius 1 is 1.14 bits per heavy atom. The highest BCUT2D eigenvalue weighted by Gasteiger charge is 2.13. The topological polar surface area (TPSA) is 82.5 Å². The molecule has 0 radical (unpaired) electrons. The van der Waals surface area contributed by atoms with Crippen molar-refractivity contribution in [1.82, 2.24) is 9.78 Å². The van der Waals surface area contributed by atoms with E-state index in [4.69, 9.17) is 21.1 Å². The molecule has 0 bridgehead atoms. The van der Waals surface area contributed by atoms with Gasteiger partial charge in [-0.05, 0) is 55.5 Å². The summed E-state index contributed by atoms with van der Waals surface area (Å²) >= 11 is 5.93. The molecule has 8 heteroatoms. The van der Waals surface area contributed by atoms with Gasteiger partial charge in [0.2, 0.25) is 0 Å². The summed E-state index contributed by atoms with van der Waals surface area (Å²) in [6.07, 6.45) is 1.70. The van der Waals surface area contributed by atoms with Gasteiger partial charge in [0.1, 0.15) is 5.75 Å². The molecule has 1 N–H and O–H groups in total. The molecule has 2 aromatic carbocycles. The molecule has 0 fully saturated rings. The van der Waals surface area contributed by atoms with E-state index < -0.39 is 18.5 Å². The molecule has 0 atom stereocenters. The van der Waals surface area contributed by atoms with Gasteiger partial charge in [0.05, 0.1) is 24.0 Å². The van der Waals surface area contributed by atoms with Gasteiger partial charge in [-0.3, -0.25) is 4.79 Å². The van der Waals surface area contributed by atoms with E-state index >= 15 is 0 Å². The molecule has 144 valence electrons. The van der Waals surface area contributed by atoms with Crippen molar-refractivity contribution in [2.45, 2.75) is 6.92 Å². The van der Waals surface area contributed by atoms with Crippen molar-refractivity contribution in [2.24, 2.45) is 0 Å². The molecule has 0 spiro atoms. The van der Waals surface area contributed by atoms with Crippen LogP contribution in [0.2, 0.25) is 5.02 Å². The number of ether oxygens (including phenoxy) is 2. The molecule has 3 rings (SSSR count). The fraction of sp³-hybridized carbons (Fsp3) is 0.150. The molecule has 28 heavy (non-hydrogen) atoms. The number of halogens is 1. The van der Waals surface area contributed by atoms with Crippen molar-refractivity contribution in [3.8, 4) is 11.4 Å². The van der Waals surface area contributed by atoms with Crippen LogP contribution in [0.4, 0.5) is 5.69 Å². The van der Waals surface area contributed by atoms with Crippen molar-refractivity contribution in [1.29, 1.82) is 0 Å². The zero-order valence-corrected chi connectivity index (χ0v) is 16.1. The second-order valence-corrected chi connectivity index (χ2v) is 6.34. The summed E-state index contributed by atoms with van der Waals surface area (Å²) in [4.78, 5) is 24.2. The predicted octanol–water partition coefficient (Wildman–Crippen LogP) is 3.64. The fourth-order valence-electron chi connectivity index (χ4n) is 2.56. The molecular weight excluding hydrogens is 382 g/mol. The van der Waals surface area contributed by atoms with Crippen LogP contribution >= 0.6 is 11.6 Å². The van der Waals surface area contributed by atoms with Gasteiger partial charge < -0.3 is 14.8 Å². The lowest BCUT2D eigenvalue weighted by atomic mass is 10.2. The number of carbonyl (C=O) groups is 2. The Labute approximate surface area is 166 Å². The van der Waals surface area contributed by atoms with Crippen LogP contribution in [0.5, 0.6) is 5.75 Å². The summed E-state index contributed by atoms with van der Waals surface area (Å²) in [5.74, 6) is -0.650. The third-order valence-electron chi connectivity index (χ3n) is 3.95. The monoisotopic (exact) mass is 399 g/mol. The lowest BCUT2D eigenvalue weighted by molar-refractivity contribution is -0.119. The number of rotatable bonds is 6. The van der Waals surface area contributed by atoms with Crippen LogP contribution in [0.1, 0.15) is 16.1 Å². The number of hydrogen-bond donors (Lipinski definition) is 1. The molecular formula is C20H18ClN3O4. The van der Waals surface area contributed by atoms with Gasteiger partial charge in [-0.2, -0.15) is 5.10 Å². The summed E-state index contributed by atoms with van der Waals surface area (Å²) in [6, 6.07) is 13.5. The highest BCUT2D eigenvalue weighted by Crippen LogP contribution is 2.27. The molecule has 0 aliphatic carbocycles. The van der Waals surface area contributed by atoms with E-state index in [-0.39, 0.29) is 0 Å². The first kappa shape index (κ1) is 19.4. The summed E-state index contributed by atoms with van der Waals surface area (Å²) in [7, 11) is 1.48. The second kappa shape index (κ2) is 8.58. The lowest BCUT2D eigenvalue weighted by Crippen LogP contribution is -2.21. The van der Waals surface area contributed by atoms with Gasteiger partial charge in [-0.1, -0.05) is 11.6 Å². The van der Waals surface area contributed by atoms with Crippen LogP contribution < -0.4 is 10.1 Å². The second-order valence-electron chi connectivity index (χ2n) is 5.90. The standard InChI is InChI=1S/C20H18ClN3O4/c1-13-9-10-22-24(13)16-6-3-14(4-7-16)20(26)28-12-19(25)23-17-11-15(21)5-8-18(17)27-2/h3-11H,12H2,1-2H3,(H,23,25). The Morgan fingerprint density at radius 3 is 2.54 bits per heavy atom. The Hall–Kier alpha value is -3.32. The zero-order valence-electron chi connectivity index (χ0n) is 15.3. The molecule has 7 nitrogen and oxygen atoms in total. The van der Waals surface area contributed by atoms with Gasteiger partial charge in [0.25, 0.3) is 5.91 Å². The maximum absolute atomic E-state index is 12.2. The summed E-state index contributed by atoms with van der Waals surface area (Å²) in [5.41, 5.74) is 2.53. The van der Waals surface area contributed by atoms with E-state index in [1.165, 1.54) is 7.11 Å². The lowest BCUT2D eigenvalue weighted by Gasteiger charge is -2.11. The first-order valence-corrected chi connectivity index (χ1v) is 8.77. The number of amides is 1. The Morgan fingerprint density at radius 2 is 1.89 bits per heavy atom. The maximum Gasteiger partial charge on any atom is 0.338 e. The van der Waals surface area contributed by atoms with Gasteiger partial charge in [0, 0.05) is 16.9 Å². The van der Waals surface area contributed by atoms with Crippen LogP contribution in [0.15, 0.2) is 54.7 Å². The predicted molar refractivity (Wildman–Crippen MR) is 105 cm³/mol. The van der Waals surface area contributed by atoms with E-state index in [1.807, 2.05) is 13.0 Å². The molecule has 0 aliphatic heterocycles. The number of hydrogen-bond acceptors (Lipinski definition) is 5. The normalized spacial score (nSPS) is 10.4. The Kier molecular flexibility index (Phi) is 5.96. The average Bonchev–Trinajstić information content (AvgIpc) is 3.12. The average molecular weight is 400 g/mol. The van der Waals surface area contributed by atoms with Gasteiger partial charge in [0.15, 0.2) is 6.61 Å². The number of nitrogens with zero attached hydrogens (tertiary/aromatic N) is 2. The molecule has 1 amide bonds. The van der Waals surface area contributed by atoms with Crippen LogP contribution in [-0.4, -0.2) is 35.4 Å². The minimum absolute atomic E-state index is 0.335. The minimum atomic E-state index is -0.600. The van der Waals surface area contributed by atoms with Crippen molar-refractivity contribution in [2.75, 3.05) is 19.0 Å². The highest BCUT2D eigenvalue weighted by molar-refractivity contribution is 6.31. The molecule has 3 aromatic rings. The Bertz CT molecular complexity index is 999. The van der Waals surface area contributed by atoms with E-state index in [2.05, 4.69) is 10.4 Å². The van der Waals surface area contributed by atoms with Crippen molar-refractivity contribution in [3.63, 3.8) is 0 Å². The summed E-state index contributed by atoms with van der Waals surface area (Å²) in [6.45, 7) is 1.50. The van der Waals surface area contributed by atoms with Crippen molar-refractivity contribution in [3.05, 3.63) is 71.0 Å². The molecule has 1 aromatic heterocycles. The highest BCUT2D eigenvalue weighted by atomic mass is 35.5. The molecule has 0 saturated heterocycles. The number of aromatic nitrogens is 2. The first-order valence-electron chi connectivity index (χ1n) is 8.39. The van der Waals surface area contributed by atoms with E-state index in [0.717, 1.165) is 11.4 Å². The van der Waals surface area contributed by atoms with E-state index in [1.54, 1.807) is 53.3 Å². The first-order chi connectivity index (χ1) is 13.5. The summed E-state index contributed by atoms with van der Waals surface area (Å²) in [5, 5.41) is 7.26. The van der Waals surface area contributed by atoms with Crippen LogP contribution in [0.25, 0.3) is 5.69 Å². The molecule has 0 aliphatic rings. The van der Waals surface area contributed by atoms with Crippen LogP contribution in [0.3, 0.4) is 0 Å². The van der Waals surface area contributed by atoms with E-state index in [0.29, 0.717) is 22.0 Å². The summed E-state index contributed by atoms with van der Waals surface area (Å²) < 4.78 is 12.0. The maximum atomic E-state index is 12.2. The number of nitrogens with one attached hydrogen (secondary N) is 1. The minimum Gasteiger partial charge on any atom is -0.495 e. The van der Waals surface area contributed by atoms with Crippen molar-refractivity contribution >= 4 is 29.2 Å². The Balaban J connectivity index is 1.59. The number of anilines is 1. The van der Waals surface area contributed by atoms with Gasteiger partial charge in [-0.25, -0.2) is 9.48 Å². The molecule has 1 heterocycles.